The van der Waals surface area contributed by atoms with E-state index in [-0.39, 0.29) is 79.2 Å². The molecule has 1 amide bonds. The molecule has 4 fully saturated rings. The van der Waals surface area contributed by atoms with E-state index in [1.165, 1.54) is 11.8 Å². The zero-order valence-electron chi connectivity index (χ0n) is 33.9. The summed E-state index contributed by atoms with van der Waals surface area (Å²) in [5.41, 5.74) is -3.62. The number of alkyl halides is 8. The molecule has 2 aromatic rings. The Morgan fingerprint density at radius 3 is 1.46 bits per heavy atom. The van der Waals surface area contributed by atoms with Crippen molar-refractivity contribution in [1.82, 2.24) is 19.8 Å². The minimum absolute atomic E-state index is 0.00775. The number of piperidine rings is 4. The number of hydrogen-bond donors (Lipinski definition) is 3. The first kappa shape index (κ1) is 50.1. The van der Waals surface area contributed by atoms with E-state index in [1.807, 2.05) is 0 Å². The SMILES string of the molecule is CB(O)N1CCC(F)(C(=O)N2CCC(Oc3cc(C(F)(F)F)sc3C#N)CC2)CC1.CB(O)N1CCC(F)(C(C)=O)CC1.N#Cc1sc(C(F)(F)F)cc1OC1CCNCC1. The smallest absolute Gasteiger partial charge is 0.425 e. The fourth-order valence-corrected chi connectivity index (χ4v) is 8.67. The van der Waals surface area contributed by atoms with Crippen molar-refractivity contribution in [3.8, 4) is 23.6 Å². The number of ketones is 1. The lowest BCUT2D eigenvalue weighted by Gasteiger charge is -2.40. The summed E-state index contributed by atoms with van der Waals surface area (Å²) in [6, 6.07) is 5.23. The van der Waals surface area contributed by atoms with Gasteiger partial charge in [-0.25, -0.2) is 8.78 Å². The van der Waals surface area contributed by atoms with Crippen LogP contribution in [-0.4, -0.2) is 126 Å². The van der Waals surface area contributed by atoms with Crippen LogP contribution in [0.15, 0.2) is 12.1 Å². The van der Waals surface area contributed by atoms with Gasteiger partial charge in [-0.1, -0.05) is 0 Å². The molecule has 0 unspecified atom stereocenters. The minimum atomic E-state index is -4.55. The van der Waals surface area contributed by atoms with Crippen molar-refractivity contribution in [3.05, 3.63) is 31.6 Å². The van der Waals surface area contributed by atoms with Gasteiger partial charge in [-0.3, -0.25) is 9.59 Å². The van der Waals surface area contributed by atoms with Gasteiger partial charge >= 0.3 is 26.5 Å². The number of nitrogens with zero attached hydrogens (tertiary/aromatic N) is 5. The van der Waals surface area contributed by atoms with Crippen LogP contribution in [-0.2, 0) is 21.9 Å². The number of nitriles is 2. The van der Waals surface area contributed by atoms with Crippen molar-refractivity contribution < 1.29 is 64.2 Å². The Balaban J connectivity index is 0.000000223. The van der Waals surface area contributed by atoms with Crippen LogP contribution in [0, 0.1) is 22.7 Å². The monoisotopic (exact) mass is 910 g/mol. The molecule has 4 saturated heterocycles. The van der Waals surface area contributed by atoms with Crippen LogP contribution in [0.1, 0.15) is 77.8 Å². The third kappa shape index (κ3) is 13.7. The fourth-order valence-electron chi connectivity index (χ4n) is 7.16. The van der Waals surface area contributed by atoms with Gasteiger partial charge in [0.2, 0.25) is 0 Å². The molecule has 24 heteroatoms. The lowest BCUT2D eigenvalue weighted by atomic mass is 9.79. The highest BCUT2D eigenvalue weighted by atomic mass is 32.1. The van der Waals surface area contributed by atoms with Crippen molar-refractivity contribution >= 4 is 48.5 Å². The third-order valence-corrected chi connectivity index (χ3v) is 13.1. The number of likely N-dealkylation sites (tertiary alicyclic amines) is 1. The summed E-state index contributed by atoms with van der Waals surface area (Å²) >= 11 is 0.762. The van der Waals surface area contributed by atoms with E-state index in [0.717, 1.165) is 38.1 Å². The normalized spacial score (nSPS) is 20.1. The van der Waals surface area contributed by atoms with Gasteiger partial charge in [-0.2, -0.15) is 36.9 Å². The van der Waals surface area contributed by atoms with E-state index < -0.39 is 65.3 Å². The van der Waals surface area contributed by atoms with Gasteiger partial charge in [-0.05, 0) is 72.7 Å². The Labute approximate surface area is 357 Å². The molecule has 336 valence electrons. The van der Waals surface area contributed by atoms with Gasteiger partial charge in [0, 0.05) is 63.7 Å². The molecule has 0 atom stereocenters. The van der Waals surface area contributed by atoms with Crippen LogP contribution < -0.4 is 14.8 Å². The molecule has 0 spiro atoms. The second-order valence-electron chi connectivity index (χ2n) is 15.3. The topological polar surface area (TPSA) is 162 Å². The molecule has 0 aliphatic carbocycles. The summed E-state index contributed by atoms with van der Waals surface area (Å²) in [4.78, 5) is 26.7. The second kappa shape index (κ2) is 21.2. The van der Waals surface area contributed by atoms with E-state index in [2.05, 4.69) is 5.32 Å². The Bertz CT molecular complexity index is 1860. The quantitative estimate of drug-likeness (QED) is 0.205. The molecule has 61 heavy (non-hydrogen) atoms. The summed E-state index contributed by atoms with van der Waals surface area (Å²) in [6.07, 6.45) is -6.98. The highest BCUT2D eigenvalue weighted by Crippen LogP contribution is 2.42. The van der Waals surface area contributed by atoms with Gasteiger partial charge in [0.1, 0.15) is 55.4 Å². The van der Waals surface area contributed by atoms with Crippen molar-refractivity contribution in [2.75, 3.05) is 52.4 Å². The summed E-state index contributed by atoms with van der Waals surface area (Å²) < 4.78 is 116. The maximum Gasteiger partial charge on any atom is 0.425 e. The second-order valence-corrected chi connectivity index (χ2v) is 17.4. The number of nitrogens with one attached hydrogen (secondary N) is 1. The Morgan fingerprint density at radius 2 is 1.11 bits per heavy atom. The summed E-state index contributed by atoms with van der Waals surface area (Å²) in [5.74, 6) is -1.02. The molecule has 3 N–H and O–H groups in total. The van der Waals surface area contributed by atoms with E-state index in [4.69, 9.17) is 20.0 Å². The lowest BCUT2D eigenvalue weighted by molar-refractivity contribution is -0.148. The molecule has 6 heterocycles. The molecular weight excluding hydrogens is 862 g/mol. The number of rotatable bonds is 8. The first-order chi connectivity index (χ1) is 28.5. The Morgan fingerprint density at radius 1 is 0.738 bits per heavy atom. The maximum atomic E-state index is 15.2. The average molecular weight is 911 g/mol. The van der Waals surface area contributed by atoms with Crippen LogP contribution in [0.25, 0.3) is 0 Å². The molecule has 2 aromatic heterocycles. The van der Waals surface area contributed by atoms with E-state index in [9.17, 15) is 50.4 Å². The van der Waals surface area contributed by atoms with Crippen LogP contribution in [0.5, 0.6) is 11.5 Å². The molecule has 0 radical (unpaired) electrons. The summed E-state index contributed by atoms with van der Waals surface area (Å²) in [5, 5.41) is 39.8. The van der Waals surface area contributed by atoms with Crippen LogP contribution >= 0.6 is 22.7 Å². The number of thiophene rings is 2. The summed E-state index contributed by atoms with van der Waals surface area (Å²) in [6.45, 7) is 8.04. The molecule has 4 aliphatic heterocycles. The number of Topliss-reactive ketones (excluding diaryl/α,β-unsaturated/α-hetero) is 1. The maximum absolute atomic E-state index is 15.2. The van der Waals surface area contributed by atoms with Crippen LogP contribution in [0.2, 0.25) is 13.6 Å². The fraction of sp³-hybridized carbons (Fsp3) is 0.676. The molecule has 0 saturated carbocycles. The zero-order chi connectivity index (χ0) is 45.3. The van der Waals surface area contributed by atoms with E-state index >= 15 is 4.39 Å². The number of hydrogen-bond acceptors (Lipinski definition) is 13. The van der Waals surface area contributed by atoms with Crippen LogP contribution in [0.4, 0.5) is 35.1 Å². The minimum Gasteiger partial charge on any atom is -0.488 e. The highest BCUT2D eigenvalue weighted by molar-refractivity contribution is 7.13. The molecule has 4 aliphatic rings. The van der Waals surface area contributed by atoms with Crippen molar-refractivity contribution in [3.63, 3.8) is 0 Å². The van der Waals surface area contributed by atoms with Crippen molar-refractivity contribution in [2.45, 2.75) is 108 Å². The van der Waals surface area contributed by atoms with Gasteiger partial charge in [-0.15, -0.1) is 22.7 Å². The van der Waals surface area contributed by atoms with Gasteiger partial charge < -0.3 is 39.4 Å². The van der Waals surface area contributed by atoms with Gasteiger partial charge in [0.05, 0.1) is 0 Å². The number of carbonyl (C=O) groups is 2. The molecule has 6 rings (SSSR count). The predicted molar refractivity (Wildman–Crippen MR) is 212 cm³/mol. The number of ether oxygens (including phenoxy) is 2. The molecule has 0 bridgehead atoms. The first-order valence-corrected chi connectivity index (χ1v) is 21.4. The van der Waals surface area contributed by atoms with E-state index in [0.29, 0.717) is 48.6 Å². The molecule has 12 nitrogen and oxygen atoms in total. The van der Waals surface area contributed by atoms with E-state index in [1.54, 1.807) is 35.4 Å². The molecule has 0 aromatic carbocycles. The summed E-state index contributed by atoms with van der Waals surface area (Å²) in [7, 11) is -1.23. The van der Waals surface area contributed by atoms with Crippen molar-refractivity contribution in [2.24, 2.45) is 0 Å². The third-order valence-electron chi connectivity index (χ3n) is 11.0. The average Bonchev–Trinajstić information content (AvgIpc) is 3.83. The van der Waals surface area contributed by atoms with Gasteiger partial charge in [0.15, 0.2) is 17.1 Å². The van der Waals surface area contributed by atoms with Crippen LogP contribution in [0.3, 0.4) is 0 Å². The number of amides is 1. The Hall–Kier alpha value is -3.51. The van der Waals surface area contributed by atoms with Gasteiger partial charge in [0.25, 0.3) is 5.91 Å². The predicted octanol–water partition coefficient (Wildman–Crippen LogP) is 6.18. The largest absolute Gasteiger partial charge is 0.488 e. The number of carbonyl (C=O) groups excluding carboxylic acids is 2. The van der Waals surface area contributed by atoms with Crippen molar-refractivity contribution in [1.29, 1.82) is 10.5 Å². The lowest BCUT2D eigenvalue weighted by Crippen LogP contribution is -2.56. The standard InChI is InChI=1S/C18H22BF4N3O3S.C11H11F3N2OS.C8H15BFNO2/c1-19(28)26-8-4-17(20,5-9-26)16(27)25-6-2-12(3-7-25)29-13-10-15(18(21,22)23)30-14(13)11-24;12-11(13,14)10-5-8(9(6-15)18-10)17-7-1-3-16-4-2-7;1-7(12)8(10)3-5-11(6-4-8)9(2)13/h10,12,28H,2-9H2,1H3;5,7,16H,1-4H2;13H,3-6H2,1-2H3. The zero-order valence-corrected chi connectivity index (χ0v) is 35.5. The number of halogens is 8. The highest BCUT2D eigenvalue weighted by Gasteiger charge is 2.46. The molecular formula is C37H48B2F8N6O6S2. The first-order valence-electron chi connectivity index (χ1n) is 19.8. The Kier molecular flexibility index (Phi) is 17.5.